The zero-order chi connectivity index (χ0) is 19.9. The number of aldehydes is 1. The molecule has 4 atom stereocenters. The summed E-state index contributed by atoms with van der Waals surface area (Å²) in [5.41, 5.74) is 16.5. The van der Waals surface area contributed by atoms with Gasteiger partial charge in [0, 0.05) is 0 Å². The van der Waals surface area contributed by atoms with Crippen molar-refractivity contribution in [2.24, 2.45) is 28.5 Å². The Kier molecular flexibility index (Phi) is 8.54. The maximum absolute atomic E-state index is 13.6. The summed E-state index contributed by atoms with van der Waals surface area (Å²) in [7, 11) is 0. The molecule has 0 aromatic rings. The molecule has 1 unspecified atom stereocenters. The molecule has 1 saturated carbocycles. The predicted molar refractivity (Wildman–Crippen MR) is 105 cm³/mol. The monoisotopic (exact) mass is 380 g/mol. The summed E-state index contributed by atoms with van der Waals surface area (Å²) in [4.78, 5) is 39.1. The van der Waals surface area contributed by atoms with Crippen LogP contribution in [-0.4, -0.2) is 49.1 Å². The van der Waals surface area contributed by atoms with Crippen molar-refractivity contribution in [3.8, 4) is 0 Å². The number of nitrogens with one attached hydrogen (secondary N) is 1. The Morgan fingerprint density at radius 2 is 1.78 bits per heavy atom. The van der Waals surface area contributed by atoms with Crippen LogP contribution in [0.1, 0.15) is 64.2 Å². The third kappa shape index (κ3) is 4.65. The van der Waals surface area contributed by atoms with Crippen molar-refractivity contribution in [3.63, 3.8) is 0 Å². The van der Waals surface area contributed by atoms with Crippen molar-refractivity contribution < 1.29 is 14.4 Å². The largest absolute Gasteiger partial charge is 0.330 e. The number of carbonyl (C=O) groups is 3. The molecule has 0 radical (unpaired) electrons. The number of unbranched alkanes of at least 4 members (excludes halogenated alkanes) is 1. The Morgan fingerprint density at radius 3 is 2.33 bits per heavy atom. The first-order valence-electron chi connectivity index (χ1n) is 10.5. The molecule has 7 N–H and O–H groups in total. The molecular formula is C20H36N4O3. The summed E-state index contributed by atoms with van der Waals surface area (Å²) in [6, 6.07) is -2.36. The minimum Gasteiger partial charge on any atom is -0.330 e. The van der Waals surface area contributed by atoms with E-state index >= 15 is 0 Å². The van der Waals surface area contributed by atoms with E-state index in [2.05, 4.69) is 5.32 Å². The van der Waals surface area contributed by atoms with Crippen LogP contribution >= 0.6 is 0 Å². The van der Waals surface area contributed by atoms with Crippen LogP contribution in [0.2, 0.25) is 0 Å². The lowest BCUT2D eigenvalue weighted by Crippen LogP contribution is -2.65. The molecule has 27 heavy (non-hydrogen) atoms. The van der Waals surface area contributed by atoms with Gasteiger partial charge in [0.2, 0.25) is 0 Å². The van der Waals surface area contributed by atoms with Crippen molar-refractivity contribution in [3.05, 3.63) is 0 Å². The second kappa shape index (κ2) is 10.4. The van der Waals surface area contributed by atoms with Gasteiger partial charge in [-0.25, -0.2) is 0 Å². The van der Waals surface area contributed by atoms with Gasteiger partial charge in [-0.2, -0.15) is 0 Å². The summed E-state index contributed by atoms with van der Waals surface area (Å²) < 4.78 is 0. The molecule has 1 aliphatic heterocycles. The summed E-state index contributed by atoms with van der Waals surface area (Å²) in [5, 5.41) is 3.20. The van der Waals surface area contributed by atoms with Gasteiger partial charge in [-0.1, -0.05) is 25.7 Å². The van der Waals surface area contributed by atoms with Gasteiger partial charge in [-0.3, -0.25) is 9.59 Å². The third-order valence-corrected chi connectivity index (χ3v) is 6.42. The lowest BCUT2D eigenvalue weighted by molar-refractivity contribution is -0.152. The van der Waals surface area contributed by atoms with Gasteiger partial charge in [0.05, 0.1) is 18.1 Å². The van der Waals surface area contributed by atoms with E-state index in [9.17, 15) is 14.4 Å². The maximum atomic E-state index is 13.6. The molecule has 1 aliphatic carbocycles. The Morgan fingerprint density at radius 1 is 1.07 bits per heavy atom. The predicted octanol–water partition coefficient (Wildman–Crippen LogP) is 0.426. The van der Waals surface area contributed by atoms with Crippen LogP contribution in [0.15, 0.2) is 0 Å². The quantitative estimate of drug-likeness (QED) is 0.231. The van der Waals surface area contributed by atoms with E-state index in [0.717, 1.165) is 57.9 Å². The van der Waals surface area contributed by atoms with Crippen LogP contribution in [0.4, 0.5) is 0 Å². The summed E-state index contributed by atoms with van der Waals surface area (Å²) in [6.07, 6.45) is 8.52. The zero-order valence-electron chi connectivity index (χ0n) is 16.3. The van der Waals surface area contributed by atoms with Crippen LogP contribution < -0.4 is 22.5 Å². The average molecular weight is 381 g/mol. The number of ketones is 2. The molecule has 0 aromatic carbocycles. The molecule has 1 heterocycles. The van der Waals surface area contributed by atoms with Gasteiger partial charge in [0.15, 0.2) is 11.6 Å². The van der Waals surface area contributed by atoms with Gasteiger partial charge in [0.1, 0.15) is 11.7 Å². The van der Waals surface area contributed by atoms with Gasteiger partial charge >= 0.3 is 0 Å². The molecule has 2 aliphatic rings. The first kappa shape index (κ1) is 22.1. The lowest BCUT2D eigenvalue weighted by atomic mass is 9.58. The number of nitrogens with two attached hydrogens (primary N) is 3. The van der Waals surface area contributed by atoms with Crippen LogP contribution in [0.3, 0.4) is 0 Å². The highest BCUT2D eigenvalue weighted by Crippen LogP contribution is 2.44. The molecule has 0 aromatic heterocycles. The second-order valence-corrected chi connectivity index (χ2v) is 8.13. The highest BCUT2D eigenvalue weighted by Gasteiger charge is 2.58. The Labute approximate surface area is 162 Å². The van der Waals surface area contributed by atoms with Gasteiger partial charge in [-0.05, 0) is 57.5 Å². The Bertz CT molecular complexity index is 515. The number of hydrogen-bond donors (Lipinski definition) is 4. The van der Waals surface area contributed by atoms with Crippen molar-refractivity contribution in [1.29, 1.82) is 0 Å². The fourth-order valence-corrected chi connectivity index (χ4v) is 4.93. The maximum Gasteiger partial charge on any atom is 0.165 e. The molecule has 0 amide bonds. The lowest BCUT2D eigenvalue weighted by Gasteiger charge is -2.44. The summed E-state index contributed by atoms with van der Waals surface area (Å²) in [5.74, 6) is -0.773. The van der Waals surface area contributed by atoms with E-state index in [-0.39, 0.29) is 17.5 Å². The van der Waals surface area contributed by atoms with E-state index in [1.165, 1.54) is 0 Å². The fourth-order valence-electron chi connectivity index (χ4n) is 4.93. The van der Waals surface area contributed by atoms with Crippen LogP contribution in [0, 0.1) is 11.3 Å². The molecule has 7 nitrogen and oxygen atoms in total. The first-order valence-corrected chi connectivity index (χ1v) is 10.5. The molecule has 0 spiro atoms. The Hall–Kier alpha value is -1.15. The minimum atomic E-state index is -1.51. The number of hydrogen-bond acceptors (Lipinski definition) is 7. The van der Waals surface area contributed by atoms with Crippen molar-refractivity contribution in [1.82, 2.24) is 5.32 Å². The molecule has 2 rings (SSSR count). The van der Waals surface area contributed by atoms with Crippen molar-refractivity contribution in [2.45, 2.75) is 82.3 Å². The van der Waals surface area contributed by atoms with E-state index in [0.29, 0.717) is 25.7 Å². The molecule has 1 saturated heterocycles. The fraction of sp³-hybridized carbons (Fsp3) is 0.850. The van der Waals surface area contributed by atoms with Gasteiger partial charge < -0.3 is 27.3 Å². The first-order chi connectivity index (χ1) is 13.0. The highest BCUT2D eigenvalue weighted by molar-refractivity contribution is 6.14. The van der Waals surface area contributed by atoms with E-state index in [1.807, 2.05) is 0 Å². The molecule has 2 fully saturated rings. The summed E-state index contributed by atoms with van der Waals surface area (Å²) >= 11 is 0. The normalized spacial score (nSPS) is 25.5. The SMILES string of the molecule is NCCCC[C@H](N)C(=O)C(C(=O)[C@H]1CCCN1)(C1CCCCC1)[C@@H](N)C=O. The van der Waals surface area contributed by atoms with Crippen molar-refractivity contribution in [2.75, 3.05) is 13.1 Å². The minimum absolute atomic E-state index is 0.214. The van der Waals surface area contributed by atoms with Crippen molar-refractivity contribution >= 4 is 17.9 Å². The van der Waals surface area contributed by atoms with Crippen LogP contribution in [0.25, 0.3) is 0 Å². The topological polar surface area (TPSA) is 141 Å². The molecule has 7 heteroatoms. The molecule has 154 valence electrons. The van der Waals surface area contributed by atoms with Crippen LogP contribution in [0.5, 0.6) is 0 Å². The highest BCUT2D eigenvalue weighted by atomic mass is 16.2. The van der Waals surface area contributed by atoms with Crippen LogP contribution in [-0.2, 0) is 14.4 Å². The average Bonchev–Trinajstić information content (AvgIpc) is 3.23. The van der Waals surface area contributed by atoms with E-state index in [4.69, 9.17) is 17.2 Å². The standard InChI is InChI=1S/C20H36N4O3/c21-11-5-4-9-15(22)18(26)20(17(23)13-25,14-7-2-1-3-8-14)19(27)16-10-6-12-24-16/h13-17,24H,1-12,21-23H2/t15-,16+,17-,20?/m0/s1. The number of rotatable bonds is 11. The van der Waals surface area contributed by atoms with E-state index in [1.54, 1.807) is 0 Å². The van der Waals surface area contributed by atoms with Gasteiger partial charge in [0.25, 0.3) is 0 Å². The number of carbonyl (C=O) groups excluding carboxylic acids is 3. The van der Waals surface area contributed by atoms with E-state index < -0.39 is 23.5 Å². The molecular weight excluding hydrogens is 344 g/mol. The second-order valence-electron chi connectivity index (χ2n) is 8.13. The number of Topliss-reactive ketones (excluding diaryl/α,β-unsaturated/α-hetero) is 2. The zero-order valence-corrected chi connectivity index (χ0v) is 16.3. The Balaban J connectivity index is 2.40. The summed E-state index contributed by atoms with van der Waals surface area (Å²) in [6.45, 7) is 1.28. The van der Waals surface area contributed by atoms with Gasteiger partial charge in [-0.15, -0.1) is 0 Å². The molecule has 0 bridgehead atoms. The third-order valence-electron chi connectivity index (χ3n) is 6.42. The smallest absolute Gasteiger partial charge is 0.165 e.